The number of carbonyl (C=O) groups excluding carboxylic acids is 2. The molecule has 0 atom stereocenters. The Hall–Kier alpha value is -2.05. The van der Waals surface area contributed by atoms with E-state index in [9.17, 15) is 9.59 Å². The quantitative estimate of drug-likeness (QED) is 0.822. The van der Waals surface area contributed by atoms with Crippen LogP contribution < -0.4 is 4.74 Å². The van der Waals surface area contributed by atoms with Crippen molar-refractivity contribution in [2.24, 2.45) is 0 Å². The molecule has 110 valence electrons. The van der Waals surface area contributed by atoms with Crippen LogP contribution in [0, 0.1) is 0 Å². The topological polar surface area (TPSA) is 73.7 Å². The third kappa shape index (κ3) is 3.49. The molecule has 0 unspecified atom stereocenters. The molecule has 2 heterocycles. The first kappa shape index (κ1) is 14.4. The summed E-state index contributed by atoms with van der Waals surface area (Å²) in [6.07, 6.45) is 1.09. The van der Waals surface area contributed by atoms with Crippen LogP contribution in [0.3, 0.4) is 0 Å². The van der Waals surface area contributed by atoms with Gasteiger partial charge in [-0.05, 0) is 20.8 Å². The van der Waals surface area contributed by atoms with Gasteiger partial charge in [0.05, 0.1) is 13.1 Å². The third-order valence-corrected chi connectivity index (χ3v) is 2.67. The SMILES string of the molecule is CC(=O)n1ccc(OC2CN(C(=O)OC(C)(C)C)C2)n1. The van der Waals surface area contributed by atoms with Gasteiger partial charge in [-0.3, -0.25) is 4.79 Å². The van der Waals surface area contributed by atoms with Gasteiger partial charge in [0.25, 0.3) is 0 Å². The summed E-state index contributed by atoms with van der Waals surface area (Å²) in [4.78, 5) is 24.4. The molecule has 1 aromatic heterocycles. The summed E-state index contributed by atoms with van der Waals surface area (Å²) in [5, 5.41) is 3.97. The number of ether oxygens (including phenoxy) is 2. The molecule has 20 heavy (non-hydrogen) atoms. The minimum Gasteiger partial charge on any atom is -0.469 e. The van der Waals surface area contributed by atoms with Crippen molar-refractivity contribution >= 4 is 12.0 Å². The maximum Gasteiger partial charge on any atom is 0.410 e. The molecule has 0 bridgehead atoms. The van der Waals surface area contributed by atoms with Crippen molar-refractivity contribution in [1.29, 1.82) is 0 Å². The average molecular weight is 281 g/mol. The molecule has 0 aliphatic carbocycles. The molecule has 0 spiro atoms. The molecule has 1 saturated heterocycles. The number of carbonyl (C=O) groups is 2. The lowest BCUT2D eigenvalue weighted by atomic mass is 10.2. The van der Waals surface area contributed by atoms with Crippen LogP contribution >= 0.6 is 0 Å². The van der Waals surface area contributed by atoms with Gasteiger partial charge in [0.1, 0.15) is 11.7 Å². The lowest BCUT2D eigenvalue weighted by molar-refractivity contribution is -0.0233. The molecule has 0 N–H and O–H groups in total. The molecule has 1 fully saturated rings. The molecule has 0 saturated carbocycles. The van der Waals surface area contributed by atoms with E-state index in [4.69, 9.17) is 9.47 Å². The lowest BCUT2D eigenvalue weighted by Gasteiger charge is -2.38. The van der Waals surface area contributed by atoms with Crippen LogP contribution in [0.2, 0.25) is 0 Å². The monoisotopic (exact) mass is 281 g/mol. The minimum atomic E-state index is -0.497. The van der Waals surface area contributed by atoms with Gasteiger partial charge in [0, 0.05) is 19.2 Å². The van der Waals surface area contributed by atoms with E-state index >= 15 is 0 Å². The van der Waals surface area contributed by atoms with Crippen LogP contribution in [-0.4, -0.2) is 51.5 Å². The van der Waals surface area contributed by atoms with Crippen LogP contribution in [0.4, 0.5) is 4.79 Å². The van der Waals surface area contributed by atoms with E-state index in [1.165, 1.54) is 11.6 Å². The van der Waals surface area contributed by atoms with E-state index in [0.717, 1.165) is 0 Å². The Balaban J connectivity index is 1.79. The summed E-state index contributed by atoms with van der Waals surface area (Å²) in [5.74, 6) is 0.206. The maximum atomic E-state index is 11.7. The number of hydrogen-bond acceptors (Lipinski definition) is 5. The van der Waals surface area contributed by atoms with Gasteiger partial charge in [-0.2, -0.15) is 0 Å². The van der Waals surface area contributed by atoms with Crippen LogP contribution in [0.1, 0.15) is 32.5 Å². The summed E-state index contributed by atoms with van der Waals surface area (Å²) < 4.78 is 12.0. The Morgan fingerprint density at radius 1 is 1.35 bits per heavy atom. The first-order chi connectivity index (χ1) is 9.24. The van der Waals surface area contributed by atoms with Gasteiger partial charge in [0.15, 0.2) is 0 Å². The molecule has 1 amide bonds. The second kappa shape index (κ2) is 5.15. The average Bonchev–Trinajstić information content (AvgIpc) is 2.68. The smallest absolute Gasteiger partial charge is 0.410 e. The standard InChI is InChI=1S/C13H19N3O4/c1-9(17)16-6-5-11(14-16)19-10-7-15(8-10)12(18)20-13(2,3)4/h5-6,10H,7-8H2,1-4H3. The molecule has 1 aliphatic rings. The summed E-state index contributed by atoms with van der Waals surface area (Å²) in [7, 11) is 0. The molecule has 1 aliphatic heterocycles. The first-order valence-electron chi connectivity index (χ1n) is 6.46. The number of aromatic nitrogens is 2. The largest absolute Gasteiger partial charge is 0.469 e. The van der Waals surface area contributed by atoms with E-state index in [2.05, 4.69) is 5.10 Å². The highest BCUT2D eigenvalue weighted by Gasteiger charge is 2.35. The van der Waals surface area contributed by atoms with E-state index < -0.39 is 5.60 Å². The maximum absolute atomic E-state index is 11.7. The van der Waals surface area contributed by atoms with E-state index in [1.807, 2.05) is 20.8 Å². The zero-order valence-electron chi connectivity index (χ0n) is 12.1. The normalized spacial score (nSPS) is 15.7. The van der Waals surface area contributed by atoms with Gasteiger partial charge in [0.2, 0.25) is 11.8 Å². The van der Waals surface area contributed by atoms with Crippen molar-refractivity contribution < 1.29 is 19.1 Å². The van der Waals surface area contributed by atoms with Gasteiger partial charge in [-0.15, -0.1) is 5.10 Å². The highest BCUT2D eigenvalue weighted by molar-refractivity contribution is 5.75. The number of likely N-dealkylation sites (tertiary alicyclic amines) is 1. The molecule has 0 aromatic carbocycles. The van der Waals surface area contributed by atoms with E-state index in [-0.39, 0.29) is 18.1 Å². The minimum absolute atomic E-state index is 0.113. The fourth-order valence-corrected chi connectivity index (χ4v) is 1.70. The van der Waals surface area contributed by atoms with Crippen LogP contribution in [0.25, 0.3) is 0 Å². The second-order valence-corrected chi connectivity index (χ2v) is 5.74. The van der Waals surface area contributed by atoms with Crippen molar-refractivity contribution in [1.82, 2.24) is 14.7 Å². The zero-order valence-corrected chi connectivity index (χ0v) is 12.1. The van der Waals surface area contributed by atoms with E-state index in [1.54, 1.807) is 17.2 Å². The Labute approximate surface area is 117 Å². The summed E-state index contributed by atoms with van der Waals surface area (Å²) in [6, 6.07) is 1.62. The van der Waals surface area contributed by atoms with Crippen molar-refractivity contribution in [3.63, 3.8) is 0 Å². The Morgan fingerprint density at radius 2 is 2.00 bits per heavy atom. The van der Waals surface area contributed by atoms with Crippen LogP contribution in [0.15, 0.2) is 12.3 Å². The summed E-state index contributed by atoms with van der Waals surface area (Å²) in [5.41, 5.74) is -0.497. The fourth-order valence-electron chi connectivity index (χ4n) is 1.70. The number of amides is 1. The lowest BCUT2D eigenvalue weighted by Crippen LogP contribution is -2.57. The summed E-state index contributed by atoms with van der Waals surface area (Å²) >= 11 is 0. The first-order valence-corrected chi connectivity index (χ1v) is 6.46. The third-order valence-electron chi connectivity index (χ3n) is 2.67. The molecule has 7 heteroatoms. The predicted molar refractivity (Wildman–Crippen MR) is 70.8 cm³/mol. The van der Waals surface area contributed by atoms with Gasteiger partial charge < -0.3 is 14.4 Å². The second-order valence-electron chi connectivity index (χ2n) is 5.74. The highest BCUT2D eigenvalue weighted by Crippen LogP contribution is 2.19. The summed E-state index contributed by atoms with van der Waals surface area (Å²) in [6.45, 7) is 7.82. The van der Waals surface area contributed by atoms with Crippen LogP contribution in [-0.2, 0) is 4.74 Å². The Morgan fingerprint density at radius 3 is 2.50 bits per heavy atom. The van der Waals surface area contributed by atoms with Crippen molar-refractivity contribution in [2.75, 3.05) is 13.1 Å². The molecule has 7 nitrogen and oxygen atoms in total. The number of nitrogens with zero attached hydrogens (tertiary/aromatic N) is 3. The van der Waals surface area contributed by atoms with Crippen LogP contribution in [0.5, 0.6) is 5.88 Å². The Kier molecular flexibility index (Phi) is 3.69. The van der Waals surface area contributed by atoms with Crippen molar-refractivity contribution in [3.8, 4) is 5.88 Å². The van der Waals surface area contributed by atoms with Gasteiger partial charge in [-0.1, -0.05) is 0 Å². The predicted octanol–water partition coefficient (Wildman–Crippen LogP) is 1.54. The molecule has 2 rings (SSSR count). The molecular formula is C13H19N3O4. The zero-order chi connectivity index (χ0) is 14.9. The molecule has 0 radical (unpaired) electrons. The van der Waals surface area contributed by atoms with Gasteiger partial charge in [-0.25, -0.2) is 9.48 Å². The van der Waals surface area contributed by atoms with E-state index in [0.29, 0.717) is 19.0 Å². The number of hydrogen-bond donors (Lipinski definition) is 0. The molecule has 1 aromatic rings. The van der Waals surface area contributed by atoms with Crippen molar-refractivity contribution in [3.05, 3.63) is 12.3 Å². The highest BCUT2D eigenvalue weighted by atomic mass is 16.6. The van der Waals surface area contributed by atoms with Crippen molar-refractivity contribution in [2.45, 2.75) is 39.4 Å². The fraction of sp³-hybridized carbons (Fsp3) is 0.615. The Bertz CT molecular complexity index is 512. The number of rotatable bonds is 2. The molecular weight excluding hydrogens is 262 g/mol. The van der Waals surface area contributed by atoms with Gasteiger partial charge >= 0.3 is 6.09 Å².